The van der Waals surface area contributed by atoms with Gasteiger partial charge in [0.05, 0.1) is 19.8 Å². The van der Waals surface area contributed by atoms with Crippen LogP contribution in [0.25, 0.3) is 0 Å². The minimum Gasteiger partial charge on any atom is -0.491 e. The molecule has 2 aliphatic heterocycles. The molecule has 2 unspecified atom stereocenters. The summed E-state index contributed by atoms with van der Waals surface area (Å²) in [6.45, 7) is 2.56. The van der Waals surface area contributed by atoms with Gasteiger partial charge in [-0.25, -0.2) is 0 Å². The van der Waals surface area contributed by atoms with Gasteiger partial charge in [-0.1, -0.05) is 0 Å². The molecule has 18 heavy (non-hydrogen) atoms. The predicted octanol–water partition coefficient (Wildman–Crippen LogP) is 0.734. The molecule has 1 N–H and O–H groups in total. The summed E-state index contributed by atoms with van der Waals surface area (Å²) in [4.78, 5) is 0. The standard InChI is InChI=1S/C13H16O5/c14-4-9-1-2-10(15-5-11-6-16-11)3-13(9)18-8-12-7-17-12/h1-3,11-12,14H,4-8H2. The van der Waals surface area contributed by atoms with E-state index in [2.05, 4.69) is 0 Å². The average Bonchev–Trinajstić information content (AvgIpc) is 3.28. The highest BCUT2D eigenvalue weighted by Gasteiger charge is 2.24. The van der Waals surface area contributed by atoms with Crippen molar-refractivity contribution in [2.24, 2.45) is 0 Å². The summed E-state index contributed by atoms with van der Waals surface area (Å²) in [6, 6.07) is 5.44. The quantitative estimate of drug-likeness (QED) is 0.725. The van der Waals surface area contributed by atoms with Crippen molar-refractivity contribution in [1.82, 2.24) is 0 Å². The molecule has 0 spiro atoms. The Balaban J connectivity index is 1.63. The normalized spacial score (nSPS) is 24.7. The van der Waals surface area contributed by atoms with E-state index in [9.17, 15) is 5.11 Å². The highest BCUT2D eigenvalue weighted by Crippen LogP contribution is 2.27. The molecule has 0 aromatic heterocycles. The molecule has 2 fully saturated rings. The third-order valence-electron chi connectivity index (χ3n) is 2.87. The zero-order valence-electron chi connectivity index (χ0n) is 10.0. The average molecular weight is 252 g/mol. The van der Waals surface area contributed by atoms with Gasteiger partial charge in [0.1, 0.15) is 36.9 Å². The molecular weight excluding hydrogens is 236 g/mol. The molecule has 0 aliphatic carbocycles. The fraction of sp³-hybridized carbons (Fsp3) is 0.538. The van der Waals surface area contributed by atoms with Crippen LogP contribution in [0.2, 0.25) is 0 Å². The van der Waals surface area contributed by atoms with E-state index in [0.29, 0.717) is 19.0 Å². The lowest BCUT2D eigenvalue weighted by molar-refractivity contribution is 0.238. The Morgan fingerprint density at radius 2 is 1.78 bits per heavy atom. The van der Waals surface area contributed by atoms with Gasteiger partial charge in [-0.05, 0) is 12.1 Å². The van der Waals surface area contributed by atoms with Gasteiger partial charge in [0.15, 0.2) is 0 Å². The van der Waals surface area contributed by atoms with E-state index in [1.165, 1.54) is 0 Å². The number of rotatable bonds is 7. The van der Waals surface area contributed by atoms with Crippen LogP contribution < -0.4 is 9.47 Å². The Labute approximate surface area is 105 Å². The van der Waals surface area contributed by atoms with Crippen LogP contribution in [0.3, 0.4) is 0 Å². The molecule has 3 rings (SSSR count). The Morgan fingerprint density at radius 3 is 2.39 bits per heavy atom. The van der Waals surface area contributed by atoms with Crippen molar-refractivity contribution in [3.63, 3.8) is 0 Å². The summed E-state index contributed by atoms with van der Waals surface area (Å²) in [5.74, 6) is 1.39. The van der Waals surface area contributed by atoms with Gasteiger partial charge in [0.25, 0.3) is 0 Å². The van der Waals surface area contributed by atoms with Crippen molar-refractivity contribution in [2.75, 3.05) is 26.4 Å². The molecule has 5 heteroatoms. The molecule has 2 saturated heterocycles. The number of hydrogen-bond acceptors (Lipinski definition) is 5. The number of benzene rings is 1. The number of ether oxygens (including phenoxy) is 4. The third-order valence-corrected chi connectivity index (χ3v) is 2.87. The van der Waals surface area contributed by atoms with Crippen LogP contribution in [0.15, 0.2) is 18.2 Å². The zero-order valence-corrected chi connectivity index (χ0v) is 10.0. The van der Waals surface area contributed by atoms with E-state index in [4.69, 9.17) is 18.9 Å². The highest BCUT2D eigenvalue weighted by atomic mass is 16.6. The fourth-order valence-electron chi connectivity index (χ4n) is 1.59. The van der Waals surface area contributed by atoms with Crippen molar-refractivity contribution in [2.45, 2.75) is 18.8 Å². The molecule has 98 valence electrons. The molecule has 1 aromatic rings. The zero-order chi connectivity index (χ0) is 12.4. The van der Waals surface area contributed by atoms with E-state index in [-0.39, 0.29) is 18.8 Å². The first-order valence-corrected chi connectivity index (χ1v) is 6.08. The smallest absolute Gasteiger partial charge is 0.128 e. The van der Waals surface area contributed by atoms with E-state index >= 15 is 0 Å². The third kappa shape index (κ3) is 3.13. The molecule has 1 aromatic carbocycles. The summed E-state index contributed by atoms with van der Waals surface area (Å²) >= 11 is 0. The summed E-state index contributed by atoms with van der Waals surface area (Å²) in [6.07, 6.45) is 0.424. The maximum absolute atomic E-state index is 9.25. The molecule has 0 saturated carbocycles. The minimum absolute atomic E-state index is 0.0487. The Bertz CT molecular complexity index is 412. The van der Waals surface area contributed by atoms with E-state index in [1.54, 1.807) is 6.07 Å². The van der Waals surface area contributed by atoms with Gasteiger partial charge >= 0.3 is 0 Å². The first-order valence-electron chi connectivity index (χ1n) is 6.08. The van der Waals surface area contributed by atoms with Gasteiger partial charge < -0.3 is 24.1 Å². The van der Waals surface area contributed by atoms with Gasteiger partial charge in [0, 0.05) is 11.6 Å². The first-order chi connectivity index (χ1) is 8.85. The van der Waals surface area contributed by atoms with Crippen LogP contribution in [0.1, 0.15) is 5.56 Å². The second-order valence-electron chi connectivity index (χ2n) is 4.46. The predicted molar refractivity (Wildman–Crippen MR) is 62.8 cm³/mol. The van der Waals surface area contributed by atoms with Crippen molar-refractivity contribution in [3.05, 3.63) is 23.8 Å². The molecule has 2 aliphatic rings. The van der Waals surface area contributed by atoms with Crippen LogP contribution in [0, 0.1) is 0 Å². The van der Waals surface area contributed by atoms with Crippen molar-refractivity contribution >= 4 is 0 Å². The Hall–Kier alpha value is -1.30. The molecular formula is C13H16O5. The summed E-state index contributed by atoms with van der Waals surface area (Å²) in [7, 11) is 0. The van der Waals surface area contributed by atoms with E-state index < -0.39 is 0 Å². The van der Waals surface area contributed by atoms with Crippen LogP contribution >= 0.6 is 0 Å². The lowest BCUT2D eigenvalue weighted by Gasteiger charge is -2.11. The van der Waals surface area contributed by atoms with Crippen molar-refractivity contribution < 1.29 is 24.1 Å². The number of hydrogen-bond donors (Lipinski definition) is 1. The second-order valence-corrected chi connectivity index (χ2v) is 4.46. The lowest BCUT2D eigenvalue weighted by atomic mass is 10.2. The Kier molecular flexibility index (Phi) is 3.36. The summed E-state index contributed by atoms with van der Waals surface area (Å²) in [5, 5.41) is 9.25. The van der Waals surface area contributed by atoms with Crippen molar-refractivity contribution in [1.29, 1.82) is 0 Å². The summed E-state index contributed by atoms with van der Waals surface area (Å²) < 4.78 is 21.4. The maximum atomic E-state index is 9.25. The molecule has 2 heterocycles. The molecule has 0 radical (unpaired) electrons. The monoisotopic (exact) mass is 252 g/mol. The SMILES string of the molecule is OCc1ccc(OCC2CO2)cc1OCC1CO1. The van der Waals surface area contributed by atoms with Crippen LogP contribution in [-0.4, -0.2) is 43.7 Å². The van der Waals surface area contributed by atoms with Crippen LogP contribution in [0.4, 0.5) is 0 Å². The number of epoxide rings is 2. The highest BCUT2D eigenvalue weighted by molar-refractivity contribution is 5.40. The van der Waals surface area contributed by atoms with Gasteiger partial charge in [-0.3, -0.25) is 0 Å². The second kappa shape index (κ2) is 5.14. The number of aliphatic hydroxyl groups excluding tert-OH is 1. The van der Waals surface area contributed by atoms with Crippen molar-refractivity contribution in [3.8, 4) is 11.5 Å². The lowest BCUT2D eigenvalue weighted by Crippen LogP contribution is -2.07. The van der Waals surface area contributed by atoms with Crippen LogP contribution in [0.5, 0.6) is 11.5 Å². The maximum Gasteiger partial charge on any atom is 0.128 e. The molecule has 0 bridgehead atoms. The summed E-state index contributed by atoms with van der Waals surface area (Å²) in [5.41, 5.74) is 0.755. The number of aliphatic hydroxyl groups is 1. The van der Waals surface area contributed by atoms with Gasteiger partial charge in [-0.15, -0.1) is 0 Å². The van der Waals surface area contributed by atoms with E-state index in [0.717, 1.165) is 24.5 Å². The first kappa shape index (κ1) is 11.8. The molecule has 0 amide bonds. The van der Waals surface area contributed by atoms with Gasteiger partial charge in [-0.2, -0.15) is 0 Å². The topological polar surface area (TPSA) is 63.8 Å². The van der Waals surface area contributed by atoms with Gasteiger partial charge in [0.2, 0.25) is 0 Å². The fourth-order valence-corrected chi connectivity index (χ4v) is 1.59. The largest absolute Gasteiger partial charge is 0.491 e. The Morgan fingerprint density at radius 1 is 1.11 bits per heavy atom. The minimum atomic E-state index is -0.0487. The molecule has 2 atom stereocenters. The van der Waals surface area contributed by atoms with E-state index in [1.807, 2.05) is 12.1 Å². The molecule has 5 nitrogen and oxygen atoms in total. The van der Waals surface area contributed by atoms with Crippen LogP contribution in [-0.2, 0) is 16.1 Å².